The Labute approximate surface area is 228 Å². The predicted molar refractivity (Wildman–Crippen MR) is 156 cm³/mol. The van der Waals surface area contributed by atoms with Crippen molar-refractivity contribution in [3.63, 3.8) is 0 Å². The van der Waals surface area contributed by atoms with Crippen LogP contribution in [0.15, 0.2) is 102 Å². The van der Waals surface area contributed by atoms with Crippen LogP contribution in [0.4, 0.5) is 0 Å². The molecule has 7 rings (SSSR count). The highest BCUT2D eigenvalue weighted by Crippen LogP contribution is 2.42. The molecule has 2 aromatic heterocycles. The molecule has 6 aromatic rings. The number of hydrogen-bond acceptors (Lipinski definition) is 2. The van der Waals surface area contributed by atoms with Crippen LogP contribution in [0.5, 0.6) is 0 Å². The third-order valence-electron chi connectivity index (χ3n) is 8.47. The first-order valence-corrected chi connectivity index (χ1v) is 13.6. The summed E-state index contributed by atoms with van der Waals surface area (Å²) in [5.74, 6) is 0.517. The maximum atomic E-state index is 10.1. The zero-order chi connectivity index (χ0) is 26.5. The second kappa shape index (κ2) is 9.26. The number of furan rings is 1. The molecule has 0 saturated heterocycles. The molecule has 188 valence electrons. The normalized spacial score (nSPS) is 14.8. The van der Waals surface area contributed by atoms with Gasteiger partial charge in [0.1, 0.15) is 18.2 Å². The molecular weight excluding hydrogens is 476 g/mol. The van der Waals surface area contributed by atoms with Gasteiger partial charge in [-0.25, -0.2) is 4.57 Å². The van der Waals surface area contributed by atoms with Gasteiger partial charge in [-0.15, -0.1) is 0 Å². The molecule has 1 aliphatic carbocycles. The van der Waals surface area contributed by atoms with Crippen LogP contribution in [0, 0.1) is 18.3 Å². The van der Waals surface area contributed by atoms with Crippen molar-refractivity contribution in [3.8, 4) is 28.5 Å². The Hall–Kier alpha value is -4.68. The van der Waals surface area contributed by atoms with Gasteiger partial charge in [0, 0.05) is 28.5 Å². The summed E-state index contributed by atoms with van der Waals surface area (Å²) >= 11 is 0. The summed E-state index contributed by atoms with van der Waals surface area (Å²) < 4.78 is 8.85. The van der Waals surface area contributed by atoms with Crippen molar-refractivity contribution < 1.29 is 8.98 Å². The topological polar surface area (TPSA) is 40.8 Å². The van der Waals surface area contributed by atoms with E-state index in [2.05, 4.69) is 104 Å². The Morgan fingerprint density at radius 3 is 2.28 bits per heavy atom. The summed E-state index contributed by atoms with van der Waals surface area (Å²) in [4.78, 5) is 0. The number of nitrogens with zero attached hydrogens (tertiary/aromatic N) is 2. The van der Waals surface area contributed by atoms with Gasteiger partial charge in [-0.1, -0.05) is 60.7 Å². The molecule has 0 N–H and O–H groups in total. The lowest BCUT2D eigenvalue weighted by Crippen LogP contribution is -2.30. The molecule has 0 saturated carbocycles. The van der Waals surface area contributed by atoms with Gasteiger partial charge in [-0.05, 0) is 78.1 Å². The zero-order valence-corrected chi connectivity index (χ0v) is 22.2. The number of nitriles is 1. The van der Waals surface area contributed by atoms with Crippen molar-refractivity contribution in [1.82, 2.24) is 0 Å². The number of pyridine rings is 1. The van der Waals surface area contributed by atoms with E-state index >= 15 is 0 Å². The van der Waals surface area contributed by atoms with E-state index in [0.717, 1.165) is 69.1 Å². The molecule has 3 nitrogen and oxygen atoms in total. The minimum atomic E-state index is 0.517. The van der Waals surface area contributed by atoms with Crippen LogP contribution in [0.2, 0.25) is 0 Å². The fraction of sp³-hybridized carbons (Fsp3) is 0.167. The summed E-state index contributed by atoms with van der Waals surface area (Å²) in [6.45, 7) is 2.12. The first-order valence-electron chi connectivity index (χ1n) is 13.6. The predicted octanol–water partition coefficient (Wildman–Crippen LogP) is 8.20. The van der Waals surface area contributed by atoms with E-state index in [1.807, 2.05) is 18.2 Å². The van der Waals surface area contributed by atoms with Gasteiger partial charge < -0.3 is 4.42 Å². The third-order valence-corrected chi connectivity index (χ3v) is 8.47. The average Bonchev–Trinajstić information content (AvgIpc) is 3.35. The lowest BCUT2D eigenvalue weighted by atomic mass is 9.80. The Bertz CT molecular complexity index is 1920. The van der Waals surface area contributed by atoms with Gasteiger partial charge in [-0.3, -0.25) is 0 Å². The van der Waals surface area contributed by atoms with Gasteiger partial charge in [0.05, 0.1) is 17.2 Å². The molecule has 0 bridgehead atoms. The van der Waals surface area contributed by atoms with Crippen LogP contribution in [-0.2, 0) is 19.9 Å². The van der Waals surface area contributed by atoms with Crippen molar-refractivity contribution >= 4 is 21.9 Å². The van der Waals surface area contributed by atoms with Crippen molar-refractivity contribution in [2.75, 3.05) is 0 Å². The van der Waals surface area contributed by atoms with Crippen molar-refractivity contribution in [2.45, 2.75) is 32.1 Å². The molecule has 3 heteroatoms. The molecule has 2 heterocycles. The number of aromatic nitrogens is 1. The molecule has 0 spiro atoms. The van der Waals surface area contributed by atoms with Crippen LogP contribution in [0.3, 0.4) is 0 Å². The quantitative estimate of drug-likeness (QED) is 0.228. The molecule has 0 fully saturated rings. The van der Waals surface area contributed by atoms with Crippen LogP contribution in [-0.4, -0.2) is 0 Å². The average molecular weight is 506 g/mol. The lowest BCUT2D eigenvalue weighted by Gasteiger charge is -2.25. The molecular formula is C36H29N2O+. The highest BCUT2D eigenvalue weighted by atomic mass is 16.3. The molecule has 4 aromatic carbocycles. The molecule has 1 unspecified atom stereocenters. The highest BCUT2D eigenvalue weighted by Gasteiger charge is 2.24. The first kappa shape index (κ1) is 23.4. The number of rotatable bonds is 3. The Balaban J connectivity index is 1.36. The summed E-state index contributed by atoms with van der Waals surface area (Å²) in [7, 11) is 2.06. The SMILES string of the molecule is Cc1ccc2c(oc3c(-c4ccc(C5CCc6ccccc6C5)cc4)c(C#N)ccc32)c1-c1cccc[n+]1C. The second-order valence-corrected chi connectivity index (χ2v) is 10.7. The standard InChI is InChI=1S/C36H29N2O/c1-23-10-18-30-31-19-17-29(22-37)34(36(31)39-35(30)33(23)32-9-5-6-20-38(32)2)26-14-11-25(12-15-26)28-16-13-24-7-3-4-8-27(24)21-28/h3-12,14-15,17-20,28H,13,16,21H2,1-2H3/q+1. The Morgan fingerprint density at radius 1 is 0.795 bits per heavy atom. The molecule has 0 aliphatic heterocycles. The van der Waals surface area contributed by atoms with E-state index in [1.165, 1.54) is 16.7 Å². The molecule has 0 amide bonds. The van der Waals surface area contributed by atoms with Crippen LogP contribution in [0.25, 0.3) is 44.3 Å². The van der Waals surface area contributed by atoms with E-state index in [4.69, 9.17) is 4.42 Å². The molecule has 39 heavy (non-hydrogen) atoms. The Kier molecular flexibility index (Phi) is 5.56. The molecule has 1 atom stereocenters. The molecule has 1 aliphatic rings. The van der Waals surface area contributed by atoms with Crippen LogP contribution >= 0.6 is 0 Å². The van der Waals surface area contributed by atoms with Crippen molar-refractivity contribution in [2.24, 2.45) is 7.05 Å². The summed E-state index contributed by atoms with van der Waals surface area (Å²) in [5.41, 5.74) is 11.8. The Morgan fingerprint density at radius 2 is 1.51 bits per heavy atom. The monoisotopic (exact) mass is 505 g/mol. The van der Waals surface area contributed by atoms with Gasteiger partial charge >= 0.3 is 0 Å². The highest BCUT2D eigenvalue weighted by molar-refractivity contribution is 6.14. The van der Waals surface area contributed by atoms with E-state index in [0.29, 0.717) is 11.5 Å². The largest absolute Gasteiger partial charge is 0.454 e. The zero-order valence-electron chi connectivity index (χ0n) is 22.2. The van der Waals surface area contributed by atoms with Gasteiger partial charge in [0.15, 0.2) is 6.20 Å². The smallest absolute Gasteiger partial charge is 0.216 e. The molecule has 0 radical (unpaired) electrons. The fourth-order valence-electron chi connectivity index (χ4n) is 6.39. The summed E-state index contributed by atoms with van der Waals surface area (Å²) in [6.07, 6.45) is 5.43. The number of hydrogen-bond donors (Lipinski definition) is 0. The van der Waals surface area contributed by atoms with Crippen LogP contribution < -0.4 is 4.57 Å². The van der Waals surface area contributed by atoms with E-state index in [1.54, 1.807) is 0 Å². The van der Waals surface area contributed by atoms with Gasteiger partial charge in [0.25, 0.3) is 0 Å². The van der Waals surface area contributed by atoms with Crippen LogP contribution in [0.1, 0.15) is 40.2 Å². The maximum absolute atomic E-state index is 10.1. The minimum Gasteiger partial charge on any atom is -0.454 e. The minimum absolute atomic E-state index is 0.517. The summed E-state index contributed by atoms with van der Waals surface area (Å²) in [6, 6.07) is 34.5. The number of aryl methyl sites for hydroxylation is 3. The summed E-state index contributed by atoms with van der Waals surface area (Å²) in [5, 5.41) is 12.2. The van der Waals surface area contributed by atoms with E-state index < -0.39 is 0 Å². The third kappa shape index (κ3) is 3.83. The fourth-order valence-corrected chi connectivity index (χ4v) is 6.39. The lowest BCUT2D eigenvalue weighted by molar-refractivity contribution is -0.660. The second-order valence-electron chi connectivity index (χ2n) is 10.7. The van der Waals surface area contributed by atoms with Gasteiger partial charge in [-0.2, -0.15) is 5.26 Å². The van der Waals surface area contributed by atoms with Gasteiger partial charge in [0.2, 0.25) is 5.69 Å². The van der Waals surface area contributed by atoms with Crippen molar-refractivity contribution in [3.05, 3.63) is 125 Å². The van der Waals surface area contributed by atoms with E-state index in [-0.39, 0.29) is 0 Å². The number of benzene rings is 4. The number of fused-ring (bicyclic) bond motifs is 4. The van der Waals surface area contributed by atoms with E-state index in [9.17, 15) is 5.26 Å². The van der Waals surface area contributed by atoms with Crippen molar-refractivity contribution in [1.29, 1.82) is 5.26 Å². The maximum Gasteiger partial charge on any atom is 0.216 e. The first-order chi connectivity index (χ1) is 19.1.